The van der Waals surface area contributed by atoms with Gasteiger partial charge >= 0.3 is 0 Å². The van der Waals surface area contributed by atoms with Gasteiger partial charge in [-0.15, -0.1) is 0 Å². The molecule has 2 aliphatic heterocycles. The van der Waals surface area contributed by atoms with Gasteiger partial charge in [-0.2, -0.15) is 0 Å². The second-order valence-electron chi connectivity index (χ2n) is 7.06. The SMILES string of the molecule is Fc1ccccc1Cc1cccc([C@H]2CCCN2C2CCOCC2)n1. The molecule has 2 aliphatic rings. The first-order valence-electron chi connectivity index (χ1n) is 9.34. The van der Waals surface area contributed by atoms with Crippen LogP contribution in [0, 0.1) is 5.82 Å². The van der Waals surface area contributed by atoms with Gasteiger partial charge in [0.15, 0.2) is 0 Å². The maximum atomic E-state index is 13.9. The molecule has 132 valence electrons. The number of pyridine rings is 1. The predicted octanol–water partition coefficient (Wildman–Crippen LogP) is 4.13. The summed E-state index contributed by atoms with van der Waals surface area (Å²) < 4.78 is 19.5. The normalized spacial score (nSPS) is 22.4. The summed E-state index contributed by atoms with van der Waals surface area (Å²) in [7, 11) is 0. The Hall–Kier alpha value is -1.78. The molecular weight excluding hydrogens is 315 g/mol. The summed E-state index contributed by atoms with van der Waals surface area (Å²) in [5.41, 5.74) is 2.79. The second kappa shape index (κ2) is 7.63. The van der Waals surface area contributed by atoms with Crippen LogP contribution in [0.25, 0.3) is 0 Å². The van der Waals surface area contributed by atoms with Gasteiger partial charge in [0, 0.05) is 31.4 Å². The Bertz CT molecular complexity index is 715. The second-order valence-corrected chi connectivity index (χ2v) is 7.06. The molecule has 4 rings (SSSR count). The topological polar surface area (TPSA) is 25.4 Å². The monoisotopic (exact) mass is 340 g/mol. The summed E-state index contributed by atoms with van der Waals surface area (Å²) in [6.45, 7) is 2.89. The number of halogens is 1. The molecule has 0 unspecified atom stereocenters. The molecule has 1 aromatic heterocycles. The van der Waals surface area contributed by atoms with Gasteiger partial charge in [-0.05, 0) is 56.0 Å². The van der Waals surface area contributed by atoms with E-state index in [-0.39, 0.29) is 5.82 Å². The molecule has 4 heteroatoms. The molecule has 1 atom stereocenters. The van der Waals surface area contributed by atoms with Gasteiger partial charge in [-0.25, -0.2) is 4.39 Å². The molecular formula is C21H25FN2O. The van der Waals surface area contributed by atoms with Crippen molar-refractivity contribution in [1.29, 1.82) is 0 Å². The van der Waals surface area contributed by atoms with E-state index in [4.69, 9.17) is 9.72 Å². The fourth-order valence-electron chi connectivity index (χ4n) is 4.18. The van der Waals surface area contributed by atoms with E-state index >= 15 is 0 Å². The zero-order valence-corrected chi connectivity index (χ0v) is 14.5. The summed E-state index contributed by atoms with van der Waals surface area (Å²) in [5.74, 6) is -0.153. The average molecular weight is 340 g/mol. The number of aromatic nitrogens is 1. The lowest BCUT2D eigenvalue weighted by Crippen LogP contribution is -2.39. The Kier molecular flexibility index (Phi) is 5.09. The fourth-order valence-corrected chi connectivity index (χ4v) is 4.18. The minimum absolute atomic E-state index is 0.153. The van der Waals surface area contributed by atoms with Crippen molar-refractivity contribution in [2.75, 3.05) is 19.8 Å². The smallest absolute Gasteiger partial charge is 0.126 e. The molecule has 0 radical (unpaired) electrons. The van der Waals surface area contributed by atoms with Crippen LogP contribution in [0.15, 0.2) is 42.5 Å². The lowest BCUT2D eigenvalue weighted by Gasteiger charge is -2.35. The van der Waals surface area contributed by atoms with Crippen LogP contribution in [-0.2, 0) is 11.2 Å². The van der Waals surface area contributed by atoms with Crippen molar-refractivity contribution in [1.82, 2.24) is 9.88 Å². The molecule has 0 saturated carbocycles. The maximum absolute atomic E-state index is 13.9. The quantitative estimate of drug-likeness (QED) is 0.837. The Morgan fingerprint density at radius 1 is 1.04 bits per heavy atom. The van der Waals surface area contributed by atoms with Gasteiger partial charge in [0.25, 0.3) is 0 Å². The van der Waals surface area contributed by atoms with Gasteiger partial charge < -0.3 is 4.74 Å². The van der Waals surface area contributed by atoms with E-state index in [2.05, 4.69) is 17.0 Å². The summed E-state index contributed by atoms with van der Waals surface area (Å²) in [6, 6.07) is 14.2. The third-order valence-corrected chi connectivity index (χ3v) is 5.45. The number of ether oxygens (including phenoxy) is 1. The van der Waals surface area contributed by atoms with E-state index in [1.54, 1.807) is 6.07 Å². The third kappa shape index (κ3) is 3.75. The lowest BCUT2D eigenvalue weighted by molar-refractivity contribution is 0.0285. The zero-order chi connectivity index (χ0) is 17.1. The molecule has 0 bridgehead atoms. The predicted molar refractivity (Wildman–Crippen MR) is 96.0 cm³/mol. The average Bonchev–Trinajstić information content (AvgIpc) is 3.15. The standard InChI is InChI=1S/C21H25FN2O/c22-19-7-2-1-5-16(19)15-17-6-3-8-20(23-17)21-9-4-12-24(21)18-10-13-25-14-11-18/h1-3,5-8,18,21H,4,9-15H2/t21-/m1/s1. The van der Waals surface area contributed by atoms with E-state index in [1.807, 2.05) is 18.2 Å². The highest BCUT2D eigenvalue weighted by molar-refractivity contribution is 5.25. The summed E-state index contributed by atoms with van der Waals surface area (Å²) >= 11 is 0. The van der Waals surface area contributed by atoms with Crippen molar-refractivity contribution < 1.29 is 9.13 Å². The Morgan fingerprint density at radius 3 is 2.72 bits per heavy atom. The summed E-state index contributed by atoms with van der Waals surface area (Å²) in [4.78, 5) is 7.52. The van der Waals surface area contributed by atoms with Crippen molar-refractivity contribution in [3.05, 3.63) is 65.2 Å². The molecule has 0 N–H and O–H groups in total. The number of hydrogen-bond acceptors (Lipinski definition) is 3. The van der Waals surface area contributed by atoms with E-state index in [0.29, 0.717) is 24.1 Å². The van der Waals surface area contributed by atoms with Crippen LogP contribution in [0.3, 0.4) is 0 Å². The highest BCUT2D eigenvalue weighted by Crippen LogP contribution is 2.35. The highest BCUT2D eigenvalue weighted by atomic mass is 19.1. The van der Waals surface area contributed by atoms with Crippen molar-refractivity contribution in [3.63, 3.8) is 0 Å². The zero-order valence-electron chi connectivity index (χ0n) is 14.5. The van der Waals surface area contributed by atoms with Crippen molar-refractivity contribution >= 4 is 0 Å². The summed E-state index contributed by atoms with van der Waals surface area (Å²) in [5, 5.41) is 0. The molecule has 3 heterocycles. The van der Waals surface area contributed by atoms with Crippen LogP contribution in [-0.4, -0.2) is 35.7 Å². The molecule has 25 heavy (non-hydrogen) atoms. The first-order valence-corrected chi connectivity index (χ1v) is 9.34. The minimum atomic E-state index is -0.153. The minimum Gasteiger partial charge on any atom is -0.381 e. The van der Waals surface area contributed by atoms with Crippen molar-refractivity contribution in [3.8, 4) is 0 Å². The molecule has 2 aromatic rings. The molecule has 1 aromatic carbocycles. The number of likely N-dealkylation sites (tertiary alicyclic amines) is 1. The van der Waals surface area contributed by atoms with Crippen molar-refractivity contribution in [2.45, 2.75) is 44.2 Å². The molecule has 0 aliphatic carbocycles. The van der Waals surface area contributed by atoms with Gasteiger partial charge in [0.1, 0.15) is 5.82 Å². The molecule has 3 nitrogen and oxygen atoms in total. The molecule has 0 spiro atoms. The van der Waals surface area contributed by atoms with E-state index in [1.165, 1.54) is 12.5 Å². The van der Waals surface area contributed by atoms with E-state index < -0.39 is 0 Å². The maximum Gasteiger partial charge on any atom is 0.126 e. The molecule has 2 saturated heterocycles. The lowest BCUT2D eigenvalue weighted by atomic mass is 10.0. The van der Waals surface area contributed by atoms with Crippen LogP contribution in [0.1, 0.15) is 48.7 Å². The molecule has 0 amide bonds. The first-order chi connectivity index (χ1) is 12.3. The number of rotatable bonds is 4. The number of hydrogen-bond donors (Lipinski definition) is 0. The number of nitrogens with zero attached hydrogens (tertiary/aromatic N) is 2. The van der Waals surface area contributed by atoms with Crippen LogP contribution in [0.2, 0.25) is 0 Å². The third-order valence-electron chi connectivity index (χ3n) is 5.45. The summed E-state index contributed by atoms with van der Waals surface area (Å²) in [6.07, 6.45) is 5.16. The molecule has 2 fully saturated rings. The van der Waals surface area contributed by atoms with Crippen molar-refractivity contribution in [2.24, 2.45) is 0 Å². The first kappa shape index (κ1) is 16.7. The van der Waals surface area contributed by atoms with Crippen LogP contribution < -0.4 is 0 Å². The largest absolute Gasteiger partial charge is 0.381 e. The fraction of sp³-hybridized carbons (Fsp3) is 0.476. The Morgan fingerprint density at radius 2 is 1.88 bits per heavy atom. The highest BCUT2D eigenvalue weighted by Gasteiger charge is 2.33. The Balaban J connectivity index is 1.53. The van der Waals surface area contributed by atoms with Gasteiger partial charge in [-0.3, -0.25) is 9.88 Å². The number of benzene rings is 1. The van der Waals surface area contributed by atoms with Gasteiger partial charge in [-0.1, -0.05) is 24.3 Å². The Labute approximate surface area is 148 Å². The van der Waals surface area contributed by atoms with Crippen LogP contribution in [0.4, 0.5) is 4.39 Å². The van der Waals surface area contributed by atoms with Gasteiger partial charge in [0.2, 0.25) is 0 Å². The van der Waals surface area contributed by atoms with Crippen LogP contribution in [0.5, 0.6) is 0 Å². The van der Waals surface area contributed by atoms with Crippen LogP contribution >= 0.6 is 0 Å². The van der Waals surface area contributed by atoms with Gasteiger partial charge in [0.05, 0.1) is 11.7 Å². The van der Waals surface area contributed by atoms with E-state index in [0.717, 1.165) is 50.4 Å². The van der Waals surface area contributed by atoms with E-state index in [9.17, 15) is 4.39 Å².